The summed E-state index contributed by atoms with van der Waals surface area (Å²) in [6, 6.07) is 0.682. The van der Waals surface area contributed by atoms with Crippen LogP contribution < -0.4 is 5.32 Å². The van der Waals surface area contributed by atoms with Crippen molar-refractivity contribution in [2.45, 2.75) is 83.2 Å². The molecule has 0 radical (unpaired) electrons. The van der Waals surface area contributed by atoms with Crippen molar-refractivity contribution in [2.75, 3.05) is 26.2 Å². The Kier molecular flexibility index (Phi) is 6.97. The highest BCUT2D eigenvalue weighted by Gasteiger charge is 2.34. The molecule has 1 aliphatic carbocycles. The lowest BCUT2D eigenvalue weighted by molar-refractivity contribution is 0.128. The van der Waals surface area contributed by atoms with Gasteiger partial charge >= 0.3 is 0 Å². The summed E-state index contributed by atoms with van der Waals surface area (Å²) in [6.07, 6.45) is 11.5. The Morgan fingerprint density at radius 2 is 1.86 bits per heavy atom. The third-order valence-electron chi connectivity index (χ3n) is 5.60. The zero-order valence-corrected chi connectivity index (χ0v) is 14.2. The van der Waals surface area contributed by atoms with E-state index >= 15 is 0 Å². The SMILES string of the molecule is CCCC1CCN(CCCC(CC)(CO)NC2CC2)CC1. The number of nitrogens with one attached hydrogen (secondary N) is 1. The Labute approximate surface area is 131 Å². The molecule has 1 saturated heterocycles. The molecule has 124 valence electrons. The molecule has 2 rings (SSSR count). The van der Waals surface area contributed by atoms with Crippen molar-refractivity contribution in [3.8, 4) is 0 Å². The normalized spacial score (nSPS) is 24.1. The lowest BCUT2D eigenvalue weighted by atomic mass is 9.90. The first-order valence-electron chi connectivity index (χ1n) is 9.32. The van der Waals surface area contributed by atoms with Crippen molar-refractivity contribution < 1.29 is 5.11 Å². The van der Waals surface area contributed by atoms with Crippen LogP contribution in [0.25, 0.3) is 0 Å². The van der Waals surface area contributed by atoms with Gasteiger partial charge in [-0.25, -0.2) is 0 Å². The van der Waals surface area contributed by atoms with Crippen molar-refractivity contribution in [1.82, 2.24) is 10.2 Å². The number of hydrogen-bond donors (Lipinski definition) is 2. The van der Waals surface area contributed by atoms with Crippen LogP contribution in [0.5, 0.6) is 0 Å². The minimum Gasteiger partial charge on any atom is -0.394 e. The Hall–Kier alpha value is -0.120. The predicted octanol–water partition coefficient (Wildman–Crippen LogP) is 3.17. The first-order valence-corrected chi connectivity index (χ1v) is 9.32. The fourth-order valence-corrected chi connectivity index (χ4v) is 3.80. The summed E-state index contributed by atoms with van der Waals surface area (Å²) in [5.41, 5.74) is -0.0122. The van der Waals surface area contributed by atoms with Crippen LogP contribution in [0.1, 0.15) is 71.6 Å². The monoisotopic (exact) mass is 296 g/mol. The van der Waals surface area contributed by atoms with Gasteiger partial charge in [0, 0.05) is 11.6 Å². The molecular formula is C18H36N2O. The zero-order valence-electron chi connectivity index (χ0n) is 14.2. The Morgan fingerprint density at radius 1 is 1.14 bits per heavy atom. The Balaban J connectivity index is 1.65. The second-order valence-electron chi connectivity index (χ2n) is 7.39. The topological polar surface area (TPSA) is 35.5 Å². The van der Waals surface area contributed by atoms with Crippen LogP contribution in [-0.4, -0.2) is 47.8 Å². The Bertz CT molecular complexity index is 279. The highest BCUT2D eigenvalue weighted by Crippen LogP contribution is 2.27. The van der Waals surface area contributed by atoms with E-state index < -0.39 is 0 Å². The molecule has 3 heteroatoms. The van der Waals surface area contributed by atoms with Gasteiger partial charge in [0.25, 0.3) is 0 Å². The summed E-state index contributed by atoms with van der Waals surface area (Å²) in [7, 11) is 0. The summed E-state index contributed by atoms with van der Waals surface area (Å²) in [6.45, 7) is 8.60. The number of nitrogens with zero attached hydrogens (tertiary/aromatic N) is 1. The van der Waals surface area contributed by atoms with E-state index in [2.05, 4.69) is 24.1 Å². The van der Waals surface area contributed by atoms with Crippen LogP contribution in [0.15, 0.2) is 0 Å². The summed E-state index contributed by atoms with van der Waals surface area (Å²) >= 11 is 0. The summed E-state index contributed by atoms with van der Waals surface area (Å²) in [5.74, 6) is 0.981. The third kappa shape index (κ3) is 5.54. The summed E-state index contributed by atoms with van der Waals surface area (Å²) in [4.78, 5) is 2.64. The predicted molar refractivity (Wildman–Crippen MR) is 89.6 cm³/mol. The van der Waals surface area contributed by atoms with Gasteiger partial charge in [-0.1, -0.05) is 26.7 Å². The largest absolute Gasteiger partial charge is 0.394 e. The fraction of sp³-hybridized carbons (Fsp3) is 1.00. The maximum atomic E-state index is 9.81. The molecular weight excluding hydrogens is 260 g/mol. The van der Waals surface area contributed by atoms with E-state index in [0.29, 0.717) is 12.6 Å². The van der Waals surface area contributed by atoms with Crippen LogP contribution >= 0.6 is 0 Å². The fourth-order valence-electron chi connectivity index (χ4n) is 3.80. The van der Waals surface area contributed by atoms with Crippen molar-refractivity contribution >= 4 is 0 Å². The highest BCUT2D eigenvalue weighted by molar-refractivity contribution is 4.94. The minimum absolute atomic E-state index is 0.0122. The molecule has 2 aliphatic rings. The second-order valence-corrected chi connectivity index (χ2v) is 7.39. The average Bonchev–Trinajstić information content (AvgIpc) is 3.32. The van der Waals surface area contributed by atoms with E-state index in [0.717, 1.165) is 18.8 Å². The smallest absolute Gasteiger partial charge is 0.0613 e. The van der Waals surface area contributed by atoms with Crippen LogP contribution in [0.2, 0.25) is 0 Å². The van der Waals surface area contributed by atoms with Gasteiger partial charge in [0.05, 0.1) is 6.61 Å². The number of likely N-dealkylation sites (tertiary alicyclic amines) is 1. The van der Waals surface area contributed by atoms with Gasteiger partial charge in [-0.15, -0.1) is 0 Å². The van der Waals surface area contributed by atoms with Gasteiger partial charge in [-0.3, -0.25) is 0 Å². The summed E-state index contributed by atoms with van der Waals surface area (Å²) in [5, 5.41) is 13.5. The van der Waals surface area contributed by atoms with E-state index in [-0.39, 0.29) is 5.54 Å². The van der Waals surface area contributed by atoms with E-state index in [1.807, 2.05) is 0 Å². The quantitative estimate of drug-likeness (QED) is 0.650. The van der Waals surface area contributed by atoms with Crippen LogP contribution in [0, 0.1) is 5.92 Å². The van der Waals surface area contributed by atoms with E-state index in [9.17, 15) is 5.11 Å². The lowest BCUT2D eigenvalue weighted by Crippen LogP contribution is -2.49. The molecule has 21 heavy (non-hydrogen) atoms. The molecule has 0 spiro atoms. The van der Waals surface area contributed by atoms with E-state index in [1.165, 1.54) is 64.6 Å². The van der Waals surface area contributed by atoms with Crippen molar-refractivity contribution in [3.05, 3.63) is 0 Å². The molecule has 1 saturated carbocycles. The number of rotatable bonds is 10. The van der Waals surface area contributed by atoms with Gasteiger partial charge in [-0.2, -0.15) is 0 Å². The first kappa shape index (κ1) is 17.2. The molecule has 0 amide bonds. The number of piperidine rings is 1. The standard InChI is InChI=1S/C18H36N2O/c1-3-6-16-9-13-20(14-10-16)12-5-11-18(4-2,15-21)19-17-7-8-17/h16-17,19,21H,3-15H2,1-2H3. The van der Waals surface area contributed by atoms with Crippen LogP contribution in [-0.2, 0) is 0 Å². The lowest BCUT2D eigenvalue weighted by Gasteiger charge is -2.35. The molecule has 1 heterocycles. The third-order valence-corrected chi connectivity index (χ3v) is 5.60. The van der Waals surface area contributed by atoms with Gasteiger partial charge in [-0.05, 0) is 70.5 Å². The van der Waals surface area contributed by atoms with Crippen molar-refractivity contribution in [3.63, 3.8) is 0 Å². The number of hydrogen-bond acceptors (Lipinski definition) is 3. The highest BCUT2D eigenvalue weighted by atomic mass is 16.3. The van der Waals surface area contributed by atoms with E-state index in [4.69, 9.17) is 0 Å². The number of aliphatic hydroxyl groups excluding tert-OH is 1. The Morgan fingerprint density at radius 3 is 2.38 bits per heavy atom. The molecule has 0 aromatic carbocycles. The molecule has 0 bridgehead atoms. The minimum atomic E-state index is -0.0122. The molecule has 0 aromatic rings. The summed E-state index contributed by atoms with van der Waals surface area (Å²) < 4.78 is 0. The van der Waals surface area contributed by atoms with Crippen LogP contribution in [0.3, 0.4) is 0 Å². The molecule has 2 fully saturated rings. The van der Waals surface area contributed by atoms with Crippen LogP contribution in [0.4, 0.5) is 0 Å². The molecule has 1 aliphatic heterocycles. The van der Waals surface area contributed by atoms with Gasteiger partial charge in [0.1, 0.15) is 0 Å². The molecule has 3 nitrogen and oxygen atoms in total. The molecule has 1 unspecified atom stereocenters. The van der Waals surface area contributed by atoms with Gasteiger partial charge in [0.15, 0.2) is 0 Å². The second kappa shape index (κ2) is 8.50. The maximum absolute atomic E-state index is 9.81. The van der Waals surface area contributed by atoms with Gasteiger partial charge in [0.2, 0.25) is 0 Å². The molecule has 2 N–H and O–H groups in total. The average molecular weight is 296 g/mol. The van der Waals surface area contributed by atoms with Crippen molar-refractivity contribution in [1.29, 1.82) is 0 Å². The van der Waals surface area contributed by atoms with Gasteiger partial charge < -0.3 is 15.3 Å². The zero-order chi connectivity index (χ0) is 15.1. The maximum Gasteiger partial charge on any atom is 0.0613 e. The van der Waals surface area contributed by atoms with Crippen molar-refractivity contribution in [2.24, 2.45) is 5.92 Å². The van der Waals surface area contributed by atoms with E-state index in [1.54, 1.807) is 0 Å². The number of aliphatic hydroxyl groups is 1. The first-order chi connectivity index (χ1) is 10.2. The molecule has 0 aromatic heterocycles. The molecule has 1 atom stereocenters.